The molecule has 0 aromatic heterocycles. The van der Waals surface area contributed by atoms with E-state index in [1.165, 1.54) is 24.3 Å². The Morgan fingerprint density at radius 3 is 2.30 bits per heavy atom. The topological polar surface area (TPSA) is 84.0 Å². The number of rotatable bonds is 4. The number of amides is 1. The van der Waals surface area contributed by atoms with Gasteiger partial charge in [-0.15, -0.1) is 0 Å². The van der Waals surface area contributed by atoms with Gasteiger partial charge in [-0.3, -0.25) is 4.79 Å². The van der Waals surface area contributed by atoms with E-state index in [1.807, 2.05) is 0 Å². The molecule has 1 aliphatic heterocycles. The predicted octanol–water partition coefficient (Wildman–Crippen LogP) is 3.02. The maximum Gasteiger partial charge on any atom is 0.342 e. The molecule has 1 aliphatic rings. The molecule has 0 spiro atoms. The van der Waals surface area contributed by atoms with Crippen molar-refractivity contribution in [1.29, 1.82) is 0 Å². The minimum Gasteiger partial charge on any atom is -0.439 e. The Balaban J connectivity index is 1.90. The molecule has 1 amide bonds. The molecule has 0 radical (unpaired) electrons. The predicted molar refractivity (Wildman–Crippen MR) is 101 cm³/mol. The third kappa shape index (κ3) is 3.24. The first-order chi connectivity index (χ1) is 12.7. The smallest absolute Gasteiger partial charge is 0.342 e. The molecule has 0 saturated carbocycles. The maximum absolute atomic E-state index is 12.7. The number of carbonyl (C=O) groups excluding carboxylic acids is 2. The number of esters is 1. The van der Waals surface area contributed by atoms with Crippen LogP contribution in [-0.2, 0) is 14.8 Å². The highest BCUT2D eigenvalue weighted by Gasteiger charge is 2.43. The number of anilines is 1. The third-order valence-electron chi connectivity index (χ3n) is 3.97. The van der Waals surface area contributed by atoms with Crippen LogP contribution in [-0.4, -0.2) is 45.4 Å². The summed E-state index contributed by atoms with van der Waals surface area (Å²) in [6, 6.07) is 8.95. The summed E-state index contributed by atoms with van der Waals surface area (Å²) in [5.74, 6) is -1.70. The lowest BCUT2D eigenvalue weighted by atomic mass is 10.1. The van der Waals surface area contributed by atoms with Crippen LogP contribution in [0.4, 0.5) is 5.69 Å². The minimum atomic E-state index is -4.14. The quantitative estimate of drug-likeness (QED) is 0.695. The molecule has 2 aromatic carbocycles. The standard InChI is InChI=1S/C17H14Cl2N2O5S/c1-20(2)12-7-4-8-13-15(12)16(22)21(27(13,24)25)9-26-17(23)14-10(18)5-3-6-11(14)19/h3-8H,9H2,1-2H3. The van der Waals surface area contributed by atoms with E-state index in [0.717, 1.165) is 0 Å². The van der Waals surface area contributed by atoms with Crippen LogP contribution in [0.1, 0.15) is 20.7 Å². The first kappa shape index (κ1) is 19.5. The number of ether oxygens (including phenoxy) is 1. The molecular formula is C17H14Cl2N2O5S. The fourth-order valence-electron chi connectivity index (χ4n) is 2.68. The van der Waals surface area contributed by atoms with Gasteiger partial charge in [-0.1, -0.05) is 35.3 Å². The highest BCUT2D eigenvalue weighted by molar-refractivity contribution is 7.90. The Hall–Kier alpha value is -2.29. The fourth-order valence-corrected chi connectivity index (χ4v) is 4.68. The Bertz CT molecular complexity index is 1030. The van der Waals surface area contributed by atoms with Gasteiger partial charge in [0.15, 0.2) is 6.73 Å². The SMILES string of the molecule is CN(C)c1cccc2c1C(=O)N(COC(=O)c1c(Cl)cccc1Cl)S2(=O)=O. The van der Waals surface area contributed by atoms with Crippen molar-refractivity contribution in [2.45, 2.75) is 4.90 Å². The van der Waals surface area contributed by atoms with Crippen molar-refractivity contribution >= 4 is 50.8 Å². The van der Waals surface area contributed by atoms with Gasteiger partial charge in [0.2, 0.25) is 0 Å². The molecule has 7 nitrogen and oxygen atoms in total. The summed E-state index contributed by atoms with van der Waals surface area (Å²) in [5.41, 5.74) is 0.384. The van der Waals surface area contributed by atoms with Gasteiger partial charge in [0.25, 0.3) is 15.9 Å². The van der Waals surface area contributed by atoms with Gasteiger partial charge >= 0.3 is 5.97 Å². The van der Waals surface area contributed by atoms with E-state index in [1.54, 1.807) is 31.1 Å². The van der Waals surface area contributed by atoms with Crippen molar-refractivity contribution in [3.8, 4) is 0 Å². The van der Waals surface area contributed by atoms with E-state index in [-0.39, 0.29) is 26.1 Å². The molecule has 0 N–H and O–H groups in total. The number of benzene rings is 2. The summed E-state index contributed by atoms with van der Waals surface area (Å²) >= 11 is 11.9. The minimum absolute atomic E-state index is 0.0364. The highest BCUT2D eigenvalue weighted by atomic mass is 35.5. The van der Waals surface area contributed by atoms with Crippen LogP contribution in [0.5, 0.6) is 0 Å². The average Bonchev–Trinajstić information content (AvgIpc) is 2.79. The summed E-state index contributed by atoms with van der Waals surface area (Å²) < 4.78 is 30.9. The molecule has 0 saturated heterocycles. The van der Waals surface area contributed by atoms with Gasteiger partial charge in [-0.05, 0) is 24.3 Å². The van der Waals surface area contributed by atoms with Gasteiger partial charge in [-0.25, -0.2) is 13.2 Å². The van der Waals surface area contributed by atoms with E-state index in [9.17, 15) is 18.0 Å². The molecular weight excluding hydrogens is 415 g/mol. The van der Waals surface area contributed by atoms with Crippen LogP contribution in [0.3, 0.4) is 0 Å². The third-order valence-corrected chi connectivity index (χ3v) is 6.35. The Morgan fingerprint density at radius 2 is 1.70 bits per heavy atom. The Labute approximate surface area is 166 Å². The van der Waals surface area contributed by atoms with Crippen molar-refractivity contribution in [1.82, 2.24) is 4.31 Å². The summed E-state index contributed by atoms with van der Waals surface area (Å²) in [4.78, 5) is 26.5. The van der Waals surface area contributed by atoms with Gasteiger partial charge in [0.05, 0.1) is 26.9 Å². The molecule has 0 atom stereocenters. The Morgan fingerprint density at radius 1 is 1.11 bits per heavy atom. The first-order valence-electron chi connectivity index (χ1n) is 7.64. The zero-order valence-electron chi connectivity index (χ0n) is 14.3. The lowest BCUT2D eigenvalue weighted by Gasteiger charge is -2.16. The van der Waals surface area contributed by atoms with Crippen LogP contribution in [0, 0.1) is 0 Å². The molecule has 27 heavy (non-hydrogen) atoms. The highest BCUT2D eigenvalue weighted by Crippen LogP contribution is 2.36. The van der Waals surface area contributed by atoms with Crippen LogP contribution in [0.15, 0.2) is 41.3 Å². The lowest BCUT2D eigenvalue weighted by molar-refractivity contribution is 0.0358. The molecule has 0 unspecified atom stereocenters. The van der Waals surface area contributed by atoms with Gasteiger partial charge < -0.3 is 9.64 Å². The molecule has 0 bridgehead atoms. The molecule has 2 aromatic rings. The van der Waals surface area contributed by atoms with Crippen LogP contribution in [0.2, 0.25) is 10.0 Å². The second-order valence-corrected chi connectivity index (χ2v) is 8.51. The van der Waals surface area contributed by atoms with Gasteiger partial charge in [0.1, 0.15) is 4.90 Å². The number of halogens is 2. The molecule has 3 rings (SSSR count). The summed E-state index contributed by atoms with van der Waals surface area (Å²) in [5, 5.41) is 0.113. The Kier molecular flexibility index (Phi) is 5.07. The fraction of sp³-hybridized carbons (Fsp3) is 0.176. The number of fused-ring (bicyclic) bond motifs is 1. The number of sulfonamides is 1. The van der Waals surface area contributed by atoms with Crippen molar-refractivity contribution in [2.24, 2.45) is 0 Å². The lowest BCUT2D eigenvalue weighted by Crippen LogP contribution is -2.33. The molecule has 0 fully saturated rings. The van der Waals surface area contributed by atoms with Gasteiger partial charge in [0, 0.05) is 14.1 Å². The average molecular weight is 429 g/mol. The first-order valence-corrected chi connectivity index (χ1v) is 9.84. The summed E-state index contributed by atoms with van der Waals surface area (Å²) in [6.07, 6.45) is 0. The normalized spacial score (nSPS) is 14.8. The molecule has 142 valence electrons. The van der Waals surface area contributed by atoms with Crippen molar-refractivity contribution in [2.75, 3.05) is 25.7 Å². The van der Waals surface area contributed by atoms with Crippen LogP contribution in [0.25, 0.3) is 0 Å². The zero-order valence-corrected chi connectivity index (χ0v) is 16.6. The van der Waals surface area contributed by atoms with E-state index in [0.29, 0.717) is 9.99 Å². The number of hydrogen-bond acceptors (Lipinski definition) is 6. The van der Waals surface area contributed by atoms with E-state index in [2.05, 4.69) is 0 Å². The zero-order chi connectivity index (χ0) is 19.9. The maximum atomic E-state index is 12.7. The van der Waals surface area contributed by atoms with E-state index in [4.69, 9.17) is 27.9 Å². The number of carbonyl (C=O) groups is 2. The van der Waals surface area contributed by atoms with Crippen LogP contribution >= 0.6 is 23.2 Å². The number of nitrogens with zero attached hydrogens (tertiary/aromatic N) is 2. The second kappa shape index (κ2) is 7.03. The van der Waals surface area contributed by atoms with E-state index < -0.39 is 28.6 Å². The van der Waals surface area contributed by atoms with Gasteiger partial charge in [-0.2, -0.15) is 4.31 Å². The molecule has 10 heteroatoms. The largest absolute Gasteiger partial charge is 0.439 e. The van der Waals surface area contributed by atoms with Crippen molar-refractivity contribution < 1.29 is 22.7 Å². The summed E-state index contributed by atoms with van der Waals surface area (Å²) in [6.45, 7) is -0.789. The molecule has 1 heterocycles. The molecule has 0 aliphatic carbocycles. The van der Waals surface area contributed by atoms with Crippen molar-refractivity contribution in [3.63, 3.8) is 0 Å². The van der Waals surface area contributed by atoms with E-state index >= 15 is 0 Å². The monoisotopic (exact) mass is 428 g/mol. The number of hydrogen-bond donors (Lipinski definition) is 0. The van der Waals surface area contributed by atoms with Crippen LogP contribution < -0.4 is 4.90 Å². The summed E-state index contributed by atoms with van der Waals surface area (Å²) in [7, 11) is -0.752. The van der Waals surface area contributed by atoms with Crippen molar-refractivity contribution in [3.05, 3.63) is 57.6 Å². The second-order valence-electron chi connectivity index (χ2n) is 5.86.